The lowest BCUT2D eigenvalue weighted by atomic mass is 9.99. The van der Waals surface area contributed by atoms with Crippen molar-refractivity contribution in [3.8, 4) is 0 Å². The highest BCUT2D eigenvalue weighted by atomic mass is 16.7. The lowest BCUT2D eigenvalue weighted by molar-refractivity contribution is -0.315. The van der Waals surface area contributed by atoms with Crippen molar-refractivity contribution in [2.24, 2.45) is 0 Å². The van der Waals surface area contributed by atoms with Gasteiger partial charge in [-0.15, -0.1) is 0 Å². The first-order chi connectivity index (χ1) is 14.6. The lowest BCUT2D eigenvalue weighted by Crippen LogP contribution is -2.63. The minimum Gasteiger partial charge on any atom is -0.445 e. The molecule has 1 saturated heterocycles. The van der Waals surface area contributed by atoms with Gasteiger partial charge < -0.3 is 45.9 Å². The third-order valence-corrected chi connectivity index (χ3v) is 4.49. The van der Waals surface area contributed by atoms with Gasteiger partial charge in [0.15, 0.2) is 0 Å². The molecule has 0 unspecified atom stereocenters. The van der Waals surface area contributed by atoms with Crippen LogP contribution >= 0.6 is 0 Å². The van der Waals surface area contributed by atoms with Crippen molar-refractivity contribution in [3.05, 3.63) is 35.9 Å². The van der Waals surface area contributed by atoms with E-state index in [2.05, 4.69) is 16.0 Å². The summed E-state index contributed by atoms with van der Waals surface area (Å²) in [5.41, 5.74) is 0.773. The molecule has 1 fully saturated rings. The van der Waals surface area contributed by atoms with Crippen molar-refractivity contribution in [2.75, 3.05) is 13.2 Å². The molecule has 12 heteroatoms. The molecular weight excluding hydrogens is 414 g/mol. The van der Waals surface area contributed by atoms with Gasteiger partial charge in [-0.05, 0) is 12.5 Å². The molecule has 172 valence electrons. The molecule has 0 spiro atoms. The summed E-state index contributed by atoms with van der Waals surface area (Å²) < 4.78 is 10.0. The maximum absolute atomic E-state index is 12.1. The first-order valence-corrected chi connectivity index (χ1v) is 9.56. The van der Waals surface area contributed by atoms with Crippen LogP contribution < -0.4 is 16.0 Å². The van der Waals surface area contributed by atoms with Crippen LogP contribution in [0.25, 0.3) is 0 Å². The van der Waals surface area contributed by atoms with E-state index in [0.717, 1.165) is 5.56 Å². The fourth-order valence-corrected chi connectivity index (χ4v) is 2.84. The van der Waals surface area contributed by atoms with Crippen molar-refractivity contribution in [1.82, 2.24) is 16.0 Å². The van der Waals surface area contributed by atoms with Gasteiger partial charge in [-0.2, -0.15) is 0 Å². The number of benzene rings is 1. The molecule has 1 aliphatic heterocycles. The number of carbonyl (C=O) groups is 3. The van der Waals surface area contributed by atoms with Gasteiger partial charge in [0.1, 0.15) is 24.9 Å². The summed E-state index contributed by atoms with van der Waals surface area (Å²) >= 11 is 0. The van der Waals surface area contributed by atoms with Gasteiger partial charge in [-0.3, -0.25) is 9.59 Å². The summed E-state index contributed by atoms with van der Waals surface area (Å²) in [5.74, 6) is -3.89. The van der Waals surface area contributed by atoms with Gasteiger partial charge in [-0.1, -0.05) is 30.3 Å². The van der Waals surface area contributed by atoms with E-state index in [1.165, 1.54) is 6.92 Å². The number of rotatable bonds is 8. The summed E-state index contributed by atoms with van der Waals surface area (Å²) in [4.78, 5) is 35.9. The smallest absolute Gasteiger partial charge is 0.408 e. The normalized spacial score (nSPS) is 26.4. The average molecular weight is 441 g/mol. The third kappa shape index (κ3) is 7.45. The highest BCUT2D eigenvalue weighted by Gasteiger charge is 2.46. The zero-order chi connectivity index (χ0) is 23.0. The van der Waals surface area contributed by atoms with Gasteiger partial charge in [-0.25, -0.2) is 4.79 Å². The Morgan fingerprint density at radius 3 is 2.58 bits per heavy atom. The topological polar surface area (TPSA) is 187 Å². The van der Waals surface area contributed by atoms with Crippen LogP contribution in [0.2, 0.25) is 0 Å². The Balaban J connectivity index is 1.74. The molecule has 5 atom stereocenters. The second kappa shape index (κ2) is 11.0. The Labute approximate surface area is 178 Å². The highest BCUT2D eigenvalue weighted by Crippen LogP contribution is 2.25. The SMILES string of the molecule is C[C@H](NC(=O)OCc1ccccc1)C(=O)NCC(=O)N[C@]1(O)C[C@@H](O)[C@@H](O)[C@@H](CO)O1. The first-order valence-electron chi connectivity index (χ1n) is 9.56. The van der Waals surface area contributed by atoms with Crippen molar-refractivity contribution in [1.29, 1.82) is 0 Å². The highest BCUT2D eigenvalue weighted by molar-refractivity contribution is 5.89. The molecule has 0 aromatic heterocycles. The van der Waals surface area contributed by atoms with Crippen LogP contribution in [0, 0.1) is 0 Å². The van der Waals surface area contributed by atoms with Gasteiger partial charge in [0, 0.05) is 0 Å². The van der Waals surface area contributed by atoms with E-state index in [9.17, 15) is 29.7 Å². The van der Waals surface area contributed by atoms with Crippen LogP contribution in [0.1, 0.15) is 18.9 Å². The maximum atomic E-state index is 12.1. The molecule has 7 N–H and O–H groups in total. The summed E-state index contributed by atoms with van der Waals surface area (Å²) in [6, 6.07) is 7.93. The number of nitrogens with one attached hydrogen (secondary N) is 3. The van der Waals surface area contributed by atoms with E-state index in [-0.39, 0.29) is 6.61 Å². The van der Waals surface area contributed by atoms with Crippen LogP contribution in [0.15, 0.2) is 30.3 Å². The van der Waals surface area contributed by atoms with Gasteiger partial charge in [0.05, 0.1) is 25.7 Å². The van der Waals surface area contributed by atoms with Crippen LogP contribution in [0.3, 0.4) is 0 Å². The zero-order valence-electron chi connectivity index (χ0n) is 16.9. The fraction of sp³-hybridized carbons (Fsp3) is 0.526. The molecule has 0 radical (unpaired) electrons. The monoisotopic (exact) mass is 441 g/mol. The summed E-state index contributed by atoms with van der Waals surface area (Å²) in [6.07, 6.45) is -5.55. The minimum atomic E-state index is -2.33. The molecule has 12 nitrogen and oxygen atoms in total. The summed E-state index contributed by atoms with van der Waals surface area (Å²) in [5, 5.41) is 45.4. The number of aliphatic hydroxyl groups excluding tert-OH is 3. The van der Waals surface area contributed by atoms with Gasteiger partial charge in [0.2, 0.25) is 11.8 Å². The molecule has 0 aliphatic carbocycles. The van der Waals surface area contributed by atoms with Crippen molar-refractivity contribution in [3.63, 3.8) is 0 Å². The number of ether oxygens (including phenoxy) is 2. The quantitative estimate of drug-likeness (QED) is 0.217. The molecule has 0 saturated carbocycles. The second-order valence-electron chi connectivity index (χ2n) is 7.08. The molecule has 2 rings (SSSR count). The maximum Gasteiger partial charge on any atom is 0.408 e. The van der Waals surface area contributed by atoms with Gasteiger partial charge in [0.25, 0.3) is 5.91 Å². The van der Waals surface area contributed by atoms with Crippen LogP contribution in [-0.4, -0.2) is 81.8 Å². The Kier molecular flexibility index (Phi) is 8.71. The number of hydrogen-bond acceptors (Lipinski definition) is 9. The van der Waals surface area contributed by atoms with Crippen molar-refractivity contribution < 1.29 is 44.3 Å². The van der Waals surface area contributed by atoms with Crippen molar-refractivity contribution >= 4 is 17.9 Å². The standard InChI is InChI=1S/C19H27N3O9/c1-11(21-18(28)30-10-12-5-3-2-4-6-12)17(27)20-8-15(25)22-19(29)7-13(24)16(26)14(9-23)31-19/h2-6,11,13-14,16,23-24,26,29H,7-10H2,1H3,(H,20,27)(H,21,28)(H,22,25)/t11-,13+,14+,16+,19-/m0/s1. The van der Waals surface area contributed by atoms with E-state index >= 15 is 0 Å². The minimum absolute atomic E-state index is 0.0252. The zero-order valence-corrected chi connectivity index (χ0v) is 16.9. The molecule has 3 amide bonds. The Morgan fingerprint density at radius 1 is 1.26 bits per heavy atom. The Morgan fingerprint density at radius 2 is 1.94 bits per heavy atom. The molecular formula is C19H27N3O9. The molecule has 31 heavy (non-hydrogen) atoms. The fourth-order valence-electron chi connectivity index (χ4n) is 2.84. The Bertz CT molecular complexity index is 763. The number of aliphatic hydroxyl groups is 4. The molecule has 1 aliphatic rings. The van der Waals surface area contributed by atoms with Crippen LogP contribution in [0.4, 0.5) is 4.79 Å². The molecule has 1 heterocycles. The third-order valence-electron chi connectivity index (χ3n) is 4.49. The van der Waals surface area contributed by atoms with E-state index < -0.39 is 67.7 Å². The molecule has 1 aromatic carbocycles. The summed E-state index contributed by atoms with van der Waals surface area (Å²) in [6.45, 7) is 0.143. The summed E-state index contributed by atoms with van der Waals surface area (Å²) in [7, 11) is 0. The second-order valence-corrected chi connectivity index (χ2v) is 7.08. The number of hydrogen-bond donors (Lipinski definition) is 7. The predicted octanol–water partition coefficient (Wildman–Crippen LogP) is -2.32. The van der Waals surface area contributed by atoms with Crippen molar-refractivity contribution in [2.45, 2.75) is 50.2 Å². The number of alkyl carbamates (subject to hydrolysis) is 1. The number of carbonyl (C=O) groups excluding carboxylic acids is 3. The van der Waals surface area contributed by atoms with Crippen LogP contribution in [-0.2, 0) is 25.7 Å². The molecule has 1 aromatic rings. The van der Waals surface area contributed by atoms with E-state index in [1.807, 2.05) is 6.07 Å². The van der Waals surface area contributed by atoms with E-state index in [0.29, 0.717) is 0 Å². The number of amides is 3. The predicted molar refractivity (Wildman–Crippen MR) is 104 cm³/mol. The van der Waals surface area contributed by atoms with E-state index in [4.69, 9.17) is 14.6 Å². The van der Waals surface area contributed by atoms with Gasteiger partial charge >= 0.3 is 6.09 Å². The van der Waals surface area contributed by atoms with Crippen LogP contribution in [0.5, 0.6) is 0 Å². The largest absolute Gasteiger partial charge is 0.445 e. The van der Waals surface area contributed by atoms with E-state index in [1.54, 1.807) is 24.3 Å². The molecule has 0 bridgehead atoms. The average Bonchev–Trinajstić information content (AvgIpc) is 2.73. The Hall–Kier alpha value is -2.77. The first kappa shape index (κ1) is 24.5. The lowest BCUT2D eigenvalue weighted by Gasteiger charge is -2.41.